The van der Waals surface area contributed by atoms with E-state index in [1.165, 1.54) is 12.1 Å². The Balaban J connectivity index is 1.80. The van der Waals surface area contributed by atoms with Crippen molar-refractivity contribution in [2.24, 2.45) is 0 Å². The minimum absolute atomic E-state index is 0.116. The third-order valence-corrected chi connectivity index (χ3v) is 4.29. The molecule has 2 aliphatic heterocycles. The molecule has 2 amide bonds. The largest absolute Gasteiger partial charge is 0.508 e. The van der Waals surface area contributed by atoms with E-state index >= 15 is 0 Å². The second kappa shape index (κ2) is 6.07. The van der Waals surface area contributed by atoms with Crippen LogP contribution in [0.4, 0.5) is 0 Å². The van der Waals surface area contributed by atoms with E-state index in [0.29, 0.717) is 34.7 Å². The van der Waals surface area contributed by atoms with Gasteiger partial charge in [0.05, 0.1) is 29.1 Å². The molecule has 0 unspecified atom stereocenters. The number of amides is 2. The number of hydrogen-bond acceptors (Lipinski definition) is 4. The number of aromatic hydroxyl groups is 1. The van der Waals surface area contributed by atoms with Crippen LogP contribution in [0.15, 0.2) is 59.7 Å². The maximum absolute atomic E-state index is 12.5. The molecule has 26 heavy (non-hydrogen) atoms. The Bertz CT molecular complexity index is 970. The van der Waals surface area contributed by atoms with Crippen LogP contribution in [0.1, 0.15) is 18.1 Å². The SMILES string of the molecule is CCOc1ccc(C2=C3C(=O)NC(c4ccc(O)cc4)=C3C(=O)N2)cc1. The molecule has 0 aromatic heterocycles. The molecule has 2 aliphatic rings. The fourth-order valence-corrected chi connectivity index (χ4v) is 3.13. The van der Waals surface area contributed by atoms with Gasteiger partial charge in [-0.25, -0.2) is 0 Å². The Kier molecular flexibility index (Phi) is 3.73. The average Bonchev–Trinajstić information content (AvgIpc) is 3.16. The lowest BCUT2D eigenvalue weighted by atomic mass is 10.0. The predicted molar refractivity (Wildman–Crippen MR) is 95.8 cm³/mol. The van der Waals surface area contributed by atoms with Gasteiger partial charge in [-0.1, -0.05) is 0 Å². The van der Waals surface area contributed by atoms with Gasteiger partial charge in [0.25, 0.3) is 11.8 Å². The van der Waals surface area contributed by atoms with Crippen LogP contribution in [0.3, 0.4) is 0 Å². The molecule has 0 spiro atoms. The number of hydrogen-bond donors (Lipinski definition) is 3. The molecule has 2 aromatic carbocycles. The first-order valence-corrected chi connectivity index (χ1v) is 8.22. The first-order chi connectivity index (χ1) is 12.6. The molecule has 0 saturated heterocycles. The van der Waals surface area contributed by atoms with Gasteiger partial charge in [-0.15, -0.1) is 0 Å². The monoisotopic (exact) mass is 348 g/mol. The number of rotatable bonds is 4. The van der Waals surface area contributed by atoms with Crippen molar-refractivity contribution in [3.05, 3.63) is 70.8 Å². The third kappa shape index (κ3) is 2.52. The molecular weight excluding hydrogens is 332 g/mol. The van der Waals surface area contributed by atoms with Gasteiger partial charge in [-0.2, -0.15) is 0 Å². The van der Waals surface area contributed by atoms with E-state index in [2.05, 4.69) is 10.6 Å². The molecule has 6 heteroatoms. The fraction of sp³-hybridized carbons (Fsp3) is 0.100. The lowest BCUT2D eigenvalue weighted by Gasteiger charge is -2.08. The van der Waals surface area contributed by atoms with E-state index in [-0.39, 0.29) is 17.6 Å². The minimum atomic E-state index is -0.328. The molecule has 4 rings (SSSR count). The quantitative estimate of drug-likeness (QED) is 0.790. The standard InChI is InChI=1S/C20H16N2O4/c1-2-26-14-9-5-12(6-10-14)18-16-15(19(24)22-18)17(21-20(16)25)11-3-7-13(23)8-4-11/h3-10,23H,2H2,1H3,(H,21,25)(H,22,24). The number of carbonyl (C=O) groups excluding carboxylic acids is 2. The highest BCUT2D eigenvalue weighted by atomic mass is 16.5. The summed E-state index contributed by atoms with van der Waals surface area (Å²) in [5.41, 5.74) is 2.98. The molecule has 3 N–H and O–H groups in total. The number of benzene rings is 2. The van der Waals surface area contributed by atoms with Gasteiger partial charge < -0.3 is 20.5 Å². The van der Waals surface area contributed by atoms with E-state index in [1.807, 2.05) is 19.1 Å². The van der Waals surface area contributed by atoms with Crippen LogP contribution in [0.25, 0.3) is 11.4 Å². The van der Waals surface area contributed by atoms with E-state index in [9.17, 15) is 14.7 Å². The molecule has 2 heterocycles. The lowest BCUT2D eigenvalue weighted by molar-refractivity contribution is -0.117. The molecule has 6 nitrogen and oxygen atoms in total. The number of ether oxygens (including phenoxy) is 1. The van der Waals surface area contributed by atoms with Gasteiger partial charge in [0, 0.05) is 0 Å². The van der Waals surface area contributed by atoms with Crippen molar-refractivity contribution < 1.29 is 19.4 Å². The summed E-state index contributed by atoms with van der Waals surface area (Å²) in [5, 5.41) is 15.0. The van der Waals surface area contributed by atoms with E-state index in [4.69, 9.17) is 4.74 Å². The number of phenols is 1. The van der Waals surface area contributed by atoms with Crippen molar-refractivity contribution in [1.82, 2.24) is 10.6 Å². The Labute approximate surface area is 149 Å². The minimum Gasteiger partial charge on any atom is -0.508 e. The van der Waals surface area contributed by atoms with Crippen LogP contribution < -0.4 is 15.4 Å². The maximum atomic E-state index is 12.5. The summed E-state index contributed by atoms with van der Waals surface area (Å²) in [7, 11) is 0. The first-order valence-electron chi connectivity index (χ1n) is 8.22. The van der Waals surface area contributed by atoms with Gasteiger partial charge in [-0.3, -0.25) is 9.59 Å². The van der Waals surface area contributed by atoms with Gasteiger partial charge in [0.2, 0.25) is 0 Å². The number of phenolic OH excluding ortho intramolecular Hbond substituents is 1. The second-order valence-corrected chi connectivity index (χ2v) is 5.91. The van der Waals surface area contributed by atoms with Crippen molar-refractivity contribution in [2.45, 2.75) is 6.92 Å². The topological polar surface area (TPSA) is 87.7 Å². The van der Waals surface area contributed by atoms with E-state index < -0.39 is 0 Å². The summed E-state index contributed by atoms with van der Waals surface area (Å²) in [6, 6.07) is 13.5. The Hall–Kier alpha value is -3.54. The van der Waals surface area contributed by atoms with Gasteiger partial charge in [0.15, 0.2) is 0 Å². The summed E-state index contributed by atoms with van der Waals surface area (Å²) in [6.07, 6.45) is 0. The highest BCUT2D eigenvalue weighted by molar-refractivity contribution is 6.30. The van der Waals surface area contributed by atoms with Crippen LogP contribution in [-0.4, -0.2) is 23.5 Å². The normalized spacial score (nSPS) is 15.9. The van der Waals surface area contributed by atoms with Crippen LogP contribution >= 0.6 is 0 Å². The zero-order valence-electron chi connectivity index (χ0n) is 14.0. The summed E-state index contributed by atoms with van der Waals surface area (Å²) in [5.74, 6) is 0.184. The highest BCUT2D eigenvalue weighted by Crippen LogP contribution is 2.37. The Morgan fingerprint density at radius 3 is 1.73 bits per heavy atom. The van der Waals surface area contributed by atoms with Gasteiger partial charge >= 0.3 is 0 Å². The van der Waals surface area contributed by atoms with E-state index in [0.717, 1.165) is 11.3 Å². The molecule has 130 valence electrons. The molecule has 0 saturated carbocycles. The summed E-state index contributed by atoms with van der Waals surface area (Å²) in [4.78, 5) is 25.1. The zero-order valence-corrected chi connectivity index (χ0v) is 14.0. The smallest absolute Gasteiger partial charge is 0.258 e. The molecule has 2 aromatic rings. The average molecular weight is 348 g/mol. The van der Waals surface area contributed by atoms with Crippen molar-refractivity contribution in [2.75, 3.05) is 6.61 Å². The fourth-order valence-electron chi connectivity index (χ4n) is 3.13. The number of carbonyl (C=O) groups is 2. The van der Waals surface area contributed by atoms with Gasteiger partial charge in [0.1, 0.15) is 11.5 Å². The lowest BCUT2D eigenvalue weighted by Crippen LogP contribution is -2.21. The van der Waals surface area contributed by atoms with Crippen molar-refractivity contribution in [3.63, 3.8) is 0 Å². The molecule has 0 atom stereocenters. The first kappa shape index (κ1) is 16.0. The zero-order chi connectivity index (χ0) is 18.3. The second-order valence-electron chi connectivity index (χ2n) is 5.91. The number of fused-ring (bicyclic) bond motifs is 1. The summed E-state index contributed by atoms with van der Waals surface area (Å²) < 4.78 is 5.42. The van der Waals surface area contributed by atoms with Crippen molar-refractivity contribution in [3.8, 4) is 11.5 Å². The van der Waals surface area contributed by atoms with Crippen LogP contribution in [-0.2, 0) is 9.59 Å². The highest BCUT2D eigenvalue weighted by Gasteiger charge is 2.40. The third-order valence-electron chi connectivity index (χ3n) is 4.29. The predicted octanol–water partition coefficient (Wildman–Crippen LogP) is 2.17. The maximum Gasteiger partial charge on any atom is 0.258 e. The number of nitrogens with one attached hydrogen (secondary N) is 2. The van der Waals surface area contributed by atoms with Gasteiger partial charge in [-0.05, 0) is 66.6 Å². The Morgan fingerprint density at radius 2 is 1.27 bits per heavy atom. The van der Waals surface area contributed by atoms with Crippen LogP contribution in [0.2, 0.25) is 0 Å². The summed E-state index contributed by atoms with van der Waals surface area (Å²) in [6.45, 7) is 2.47. The summed E-state index contributed by atoms with van der Waals surface area (Å²) >= 11 is 0. The van der Waals surface area contributed by atoms with Crippen LogP contribution in [0.5, 0.6) is 11.5 Å². The van der Waals surface area contributed by atoms with Crippen molar-refractivity contribution >= 4 is 23.2 Å². The van der Waals surface area contributed by atoms with E-state index in [1.54, 1.807) is 24.3 Å². The molecule has 0 fully saturated rings. The van der Waals surface area contributed by atoms with Crippen molar-refractivity contribution in [1.29, 1.82) is 0 Å². The Morgan fingerprint density at radius 1 is 0.808 bits per heavy atom. The van der Waals surface area contributed by atoms with Crippen LogP contribution in [0, 0.1) is 0 Å². The molecular formula is C20H16N2O4. The molecule has 0 bridgehead atoms. The molecule has 0 aliphatic carbocycles. The molecule has 0 radical (unpaired) electrons.